The molecule has 1 amide bonds. The van der Waals surface area contributed by atoms with E-state index in [1.165, 1.54) is 28.9 Å². The molecule has 2 heterocycles. The van der Waals surface area contributed by atoms with Crippen molar-refractivity contribution in [2.45, 2.75) is 53.6 Å². The topological polar surface area (TPSA) is 155 Å². The van der Waals surface area contributed by atoms with Gasteiger partial charge in [-0.2, -0.15) is 5.10 Å². The molecule has 6 rings (SSSR count). The van der Waals surface area contributed by atoms with Crippen LogP contribution in [-0.2, 0) is 9.84 Å². The number of sulfone groups is 1. The van der Waals surface area contributed by atoms with Gasteiger partial charge in [-0.05, 0) is 86.1 Å². The van der Waals surface area contributed by atoms with Gasteiger partial charge in [-0.25, -0.2) is 26.9 Å². The van der Waals surface area contributed by atoms with Crippen LogP contribution in [0, 0.1) is 23.5 Å². The highest BCUT2D eigenvalue weighted by Gasteiger charge is 2.60. The number of halogens is 3. The van der Waals surface area contributed by atoms with Crippen LogP contribution in [0.1, 0.15) is 47.8 Å². The monoisotopic (exact) mass is 658 g/mol. The minimum atomic E-state index is -4.14. The third-order valence-corrected chi connectivity index (χ3v) is 11.6. The zero-order valence-corrected chi connectivity index (χ0v) is 25.2. The lowest BCUT2D eigenvalue weighted by atomic mass is 9.69. The molecule has 2 aliphatic rings. The van der Waals surface area contributed by atoms with E-state index in [-0.39, 0.29) is 39.7 Å². The second kappa shape index (κ2) is 11.9. The normalized spacial score (nSPS) is 24.3. The van der Waals surface area contributed by atoms with E-state index in [1.54, 1.807) is 30.6 Å². The molecule has 2 fully saturated rings. The van der Waals surface area contributed by atoms with Crippen molar-refractivity contribution in [2.75, 3.05) is 5.32 Å². The van der Waals surface area contributed by atoms with E-state index in [0.29, 0.717) is 18.7 Å². The van der Waals surface area contributed by atoms with Crippen LogP contribution in [0.2, 0.25) is 5.02 Å². The van der Waals surface area contributed by atoms with Crippen LogP contribution in [0.3, 0.4) is 0 Å². The molecule has 5 unspecified atom stereocenters. The molecule has 4 aromatic rings. The average Bonchev–Trinajstić information content (AvgIpc) is 3.60. The first kappa shape index (κ1) is 31.2. The first-order valence-electron chi connectivity index (χ1n) is 14.2. The van der Waals surface area contributed by atoms with E-state index < -0.39 is 62.3 Å². The summed E-state index contributed by atoms with van der Waals surface area (Å²) < 4.78 is 56.2. The van der Waals surface area contributed by atoms with Crippen molar-refractivity contribution in [1.82, 2.24) is 14.8 Å². The number of anilines is 1. The fourth-order valence-electron chi connectivity index (χ4n) is 6.65. The number of nitrogens with zero attached hydrogens (tertiary/aromatic N) is 3. The second-order valence-corrected chi connectivity index (χ2v) is 14.1. The maximum absolute atomic E-state index is 13.9. The minimum Gasteiger partial charge on any atom is -0.387 e. The standard InChI is InChI=1S/C31H29ClF2N4O6S/c32-22-9-5-17(30(41)36-20-8-10-23(33)24(34)16-20)13-26(22)45(43,44)21-14-18-6-7-19(15-21)31(18,42)29(40)28(39)25-3-1-4-27(37-25)38-12-2-11-35-38/h1-5,8-13,16,18-19,21,28-29,39-40,42H,6-7,14-15H2,(H,36,41)/t18-,19?,21?,28?,29?,31?/m0/s1. The highest BCUT2D eigenvalue weighted by molar-refractivity contribution is 7.92. The number of rotatable bonds is 8. The van der Waals surface area contributed by atoms with Crippen molar-refractivity contribution < 1.29 is 37.3 Å². The lowest BCUT2D eigenvalue weighted by Crippen LogP contribution is -2.57. The molecule has 0 spiro atoms. The van der Waals surface area contributed by atoms with Gasteiger partial charge in [0.25, 0.3) is 5.91 Å². The number of nitrogens with one attached hydrogen (secondary N) is 1. The summed E-state index contributed by atoms with van der Waals surface area (Å²) in [7, 11) is -4.14. The Balaban J connectivity index is 1.21. The fourth-order valence-corrected chi connectivity index (χ4v) is 9.05. The van der Waals surface area contributed by atoms with E-state index in [1.807, 2.05) is 0 Å². The van der Waals surface area contributed by atoms with E-state index in [4.69, 9.17) is 11.6 Å². The van der Waals surface area contributed by atoms with E-state index in [2.05, 4.69) is 15.4 Å². The number of fused-ring (bicyclic) bond motifs is 2. The summed E-state index contributed by atoms with van der Waals surface area (Å²) in [4.78, 5) is 17.0. The number of carbonyl (C=O) groups excluding carboxylic acids is 1. The van der Waals surface area contributed by atoms with E-state index in [9.17, 15) is 37.3 Å². The first-order chi connectivity index (χ1) is 21.4. The number of aliphatic hydroxyl groups is 3. The van der Waals surface area contributed by atoms with Crippen LogP contribution in [0.4, 0.5) is 14.5 Å². The molecule has 45 heavy (non-hydrogen) atoms. The molecule has 2 aromatic heterocycles. The molecule has 6 atom stereocenters. The Labute approximate surface area is 262 Å². The molecule has 2 saturated carbocycles. The second-order valence-electron chi connectivity index (χ2n) is 11.5. The van der Waals surface area contributed by atoms with Gasteiger partial charge in [-0.3, -0.25) is 4.79 Å². The zero-order chi connectivity index (χ0) is 32.1. The average molecular weight is 659 g/mol. The number of amides is 1. The van der Waals surface area contributed by atoms with Gasteiger partial charge in [0.1, 0.15) is 12.2 Å². The molecule has 2 aromatic carbocycles. The summed E-state index contributed by atoms with van der Waals surface area (Å²) in [6.07, 6.45) is 0.881. The number of benzene rings is 2. The van der Waals surface area contributed by atoms with Crippen LogP contribution in [0.15, 0.2) is 78.0 Å². The Morgan fingerprint density at radius 3 is 2.42 bits per heavy atom. The summed E-state index contributed by atoms with van der Waals surface area (Å²) in [6, 6.07) is 13.1. The van der Waals surface area contributed by atoms with Crippen molar-refractivity contribution in [3.63, 3.8) is 0 Å². The Bertz CT molecular complexity index is 1840. The van der Waals surface area contributed by atoms with Crippen molar-refractivity contribution in [2.24, 2.45) is 11.8 Å². The fraction of sp³-hybridized carbons (Fsp3) is 0.323. The van der Waals surface area contributed by atoms with Crippen molar-refractivity contribution >= 4 is 33.0 Å². The quantitative estimate of drug-likeness (QED) is 0.219. The predicted octanol–water partition coefficient (Wildman–Crippen LogP) is 4.24. The highest BCUT2D eigenvalue weighted by Crippen LogP contribution is 2.55. The van der Waals surface area contributed by atoms with Crippen LogP contribution in [0.5, 0.6) is 0 Å². The zero-order valence-electron chi connectivity index (χ0n) is 23.6. The smallest absolute Gasteiger partial charge is 0.255 e. The molecule has 0 saturated heterocycles. The van der Waals surface area contributed by atoms with Gasteiger partial charge in [-0.15, -0.1) is 0 Å². The van der Waals surface area contributed by atoms with Crippen molar-refractivity contribution in [3.8, 4) is 5.82 Å². The molecule has 4 N–H and O–H groups in total. The predicted molar refractivity (Wildman–Crippen MR) is 159 cm³/mol. The van der Waals surface area contributed by atoms with Gasteiger partial charge >= 0.3 is 0 Å². The molecule has 236 valence electrons. The first-order valence-corrected chi connectivity index (χ1v) is 16.2. The number of aromatic nitrogens is 3. The molecular formula is C31H29ClF2N4O6S. The summed E-state index contributed by atoms with van der Waals surface area (Å²) >= 11 is 6.32. The molecular weight excluding hydrogens is 630 g/mol. The molecule has 0 radical (unpaired) electrons. The maximum atomic E-state index is 13.9. The van der Waals surface area contributed by atoms with Crippen LogP contribution < -0.4 is 5.32 Å². The van der Waals surface area contributed by atoms with Crippen molar-refractivity contribution in [3.05, 3.63) is 101 Å². The van der Waals surface area contributed by atoms with Gasteiger partial charge in [0.05, 0.1) is 26.5 Å². The SMILES string of the molecule is O=C(Nc1ccc(F)c(F)c1)c1ccc(Cl)c(S(=O)(=O)C2CC3CC[C@@H](C2)C3(O)C(O)C(O)c2cccc(-n3cccn3)n2)c1. The van der Waals surface area contributed by atoms with Gasteiger partial charge in [0.15, 0.2) is 27.3 Å². The Kier molecular flexibility index (Phi) is 8.25. The Hall–Kier alpha value is -3.75. The Morgan fingerprint density at radius 2 is 1.76 bits per heavy atom. The largest absolute Gasteiger partial charge is 0.387 e. The number of hydrogen-bond donors (Lipinski definition) is 4. The third-order valence-electron chi connectivity index (χ3n) is 8.95. The van der Waals surface area contributed by atoms with Gasteiger partial charge in [0.2, 0.25) is 0 Å². The summed E-state index contributed by atoms with van der Waals surface area (Å²) in [5, 5.41) is 39.8. The molecule has 0 aliphatic heterocycles. The molecule has 14 heteroatoms. The van der Waals surface area contributed by atoms with Gasteiger partial charge in [-0.1, -0.05) is 17.7 Å². The number of carbonyl (C=O) groups is 1. The van der Waals surface area contributed by atoms with E-state index in [0.717, 1.165) is 18.2 Å². The number of pyridine rings is 1. The lowest BCUT2D eigenvalue weighted by molar-refractivity contribution is -0.178. The number of hydrogen-bond acceptors (Lipinski definition) is 8. The van der Waals surface area contributed by atoms with Gasteiger partial charge in [0, 0.05) is 29.7 Å². The molecule has 2 aliphatic carbocycles. The summed E-state index contributed by atoms with van der Waals surface area (Å²) in [5.74, 6) is -3.90. The van der Waals surface area contributed by atoms with Crippen molar-refractivity contribution in [1.29, 1.82) is 0 Å². The van der Waals surface area contributed by atoms with Crippen LogP contribution in [-0.4, -0.2) is 61.4 Å². The molecule has 10 nitrogen and oxygen atoms in total. The third kappa shape index (κ3) is 5.63. The maximum Gasteiger partial charge on any atom is 0.255 e. The van der Waals surface area contributed by atoms with E-state index >= 15 is 0 Å². The van der Waals surface area contributed by atoms with Crippen LogP contribution >= 0.6 is 11.6 Å². The lowest BCUT2D eigenvalue weighted by Gasteiger charge is -2.46. The highest BCUT2D eigenvalue weighted by atomic mass is 35.5. The van der Waals surface area contributed by atoms with Crippen LogP contribution in [0.25, 0.3) is 5.82 Å². The number of aliphatic hydroxyl groups excluding tert-OH is 2. The summed E-state index contributed by atoms with van der Waals surface area (Å²) in [6.45, 7) is 0. The summed E-state index contributed by atoms with van der Waals surface area (Å²) in [5.41, 5.74) is -1.74. The van der Waals surface area contributed by atoms with Gasteiger partial charge < -0.3 is 20.6 Å². The molecule has 2 bridgehead atoms. The minimum absolute atomic E-state index is 0.0124. The Morgan fingerprint density at radius 1 is 1.02 bits per heavy atom.